The summed E-state index contributed by atoms with van der Waals surface area (Å²) in [4.78, 5) is 18.2. The summed E-state index contributed by atoms with van der Waals surface area (Å²) < 4.78 is 85.1. The smallest absolute Gasteiger partial charge is 0.381 e. The lowest BCUT2D eigenvalue weighted by atomic mass is 10.0. The second-order valence-electron chi connectivity index (χ2n) is 6.14. The number of benzene rings is 1. The third-order valence-corrected chi connectivity index (χ3v) is 4.06. The van der Waals surface area contributed by atoms with E-state index in [1.165, 1.54) is 7.11 Å². The molecule has 0 N–H and O–H groups in total. The van der Waals surface area contributed by atoms with Gasteiger partial charge in [-0.3, -0.25) is 0 Å². The highest BCUT2D eigenvalue weighted by molar-refractivity contribution is 5.58. The van der Waals surface area contributed by atoms with Gasteiger partial charge < -0.3 is 14.9 Å². The van der Waals surface area contributed by atoms with Gasteiger partial charge in [-0.15, -0.1) is 5.10 Å². The zero-order valence-corrected chi connectivity index (χ0v) is 15.5. The van der Waals surface area contributed by atoms with E-state index in [-0.39, 0.29) is 25.0 Å². The number of methoxy groups -OCH3 is 1. The summed E-state index contributed by atoms with van der Waals surface area (Å²) in [6.07, 6.45) is -8.06. The molecule has 0 aliphatic rings. The van der Waals surface area contributed by atoms with Gasteiger partial charge in [-0.2, -0.15) is 36.0 Å². The summed E-state index contributed by atoms with van der Waals surface area (Å²) >= 11 is 0. The first-order valence-electron chi connectivity index (χ1n) is 8.32. The molecular weight excluding hydrogens is 438 g/mol. The molecule has 3 aromatic rings. The topological polar surface area (TPSA) is 101 Å². The molecule has 15 heteroatoms. The molecule has 0 saturated heterocycles. The lowest BCUT2D eigenvalue weighted by molar-refractivity contribution is -0.392. The normalized spacial score (nSPS) is 12.4. The molecule has 0 spiro atoms. The van der Waals surface area contributed by atoms with Crippen molar-refractivity contribution in [3.8, 4) is 17.2 Å². The molecule has 0 fully saturated rings. The number of ether oxygens (including phenoxy) is 1. The first kappa shape index (κ1) is 22.2. The zero-order valence-electron chi connectivity index (χ0n) is 15.5. The number of aromatic nitrogens is 5. The van der Waals surface area contributed by atoms with Crippen LogP contribution >= 0.6 is 0 Å². The Balaban J connectivity index is 2.07. The first-order chi connectivity index (χ1) is 14.4. The fourth-order valence-corrected chi connectivity index (χ4v) is 2.65. The van der Waals surface area contributed by atoms with E-state index in [1.54, 1.807) is 0 Å². The summed E-state index contributed by atoms with van der Waals surface area (Å²) in [6, 6.07) is 0.893. The van der Waals surface area contributed by atoms with E-state index in [9.17, 15) is 36.5 Å². The monoisotopic (exact) mass is 450 g/mol. The fourth-order valence-electron chi connectivity index (χ4n) is 2.65. The largest absolute Gasteiger partial charge is 0.416 e. The van der Waals surface area contributed by atoms with Crippen molar-refractivity contribution in [1.82, 2.24) is 24.3 Å². The number of halogens is 6. The van der Waals surface area contributed by atoms with Gasteiger partial charge >= 0.3 is 18.2 Å². The van der Waals surface area contributed by atoms with Crippen molar-refractivity contribution in [2.45, 2.75) is 18.9 Å². The number of hydrogen-bond acceptors (Lipinski definition) is 6. The van der Waals surface area contributed by atoms with Crippen LogP contribution in [-0.4, -0.2) is 43.0 Å². The van der Waals surface area contributed by atoms with E-state index in [2.05, 4.69) is 15.1 Å². The Morgan fingerprint density at radius 3 is 2.16 bits per heavy atom. The maximum atomic E-state index is 13.1. The Morgan fingerprint density at radius 2 is 1.65 bits per heavy atom. The Labute approximate surface area is 169 Å². The molecule has 0 amide bonds. The van der Waals surface area contributed by atoms with Crippen LogP contribution in [0.15, 0.2) is 30.9 Å². The molecule has 0 atom stereocenters. The number of alkyl halides is 6. The van der Waals surface area contributed by atoms with Crippen molar-refractivity contribution in [3.63, 3.8) is 0 Å². The van der Waals surface area contributed by atoms with Crippen LogP contribution in [0.2, 0.25) is 0 Å². The highest BCUT2D eigenvalue weighted by Gasteiger charge is 2.37. The number of imidazole rings is 1. The predicted molar refractivity (Wildman–Crippen MR) is 91.1 cm³/mol. The van der Waals surface area contributed by atoms with Gasteiger partial charge in [0, 0.05) is 12.7 Å². The molecule has 0 bridgehead atoms. The van der Waals surface area contributed by atoms with Crippen molar-refractivity contribution in [3.05, 3.63) is 52.1 Å². The molecule has 1 aromatic carbocycles. The predicted octanol–water partition coefficient (Wildman–Crippen LogP) is 3.72. The third-order valence-electron chi connectivity index (χ3n) is 4.06. The quantitative estimate of drug-likeness (QED) is 0.322. The minimum atomic E-state index is -5.04. The summed E-state index contributed by atoms with van der Waals surface area (Å²) in [5.74, 6) is -1.33. The van der Waals surface area contributed by atoms with Crippen molar-refractivity contribution >= 4 is 5.82 Å². The minimum absolute atomic E-state index is 0.0250. The van der Waals surface area contributed by atoms with Gasteiger partial charge in [0.1, 0.15) is 12.9 Å². The Kier molecular flexibility index (Phi) is 5.71. The van der Waals surface area contributed by atoms with Crippen LogP contribution in [0.25, 0.3) is 17.2 Å². The number of nitrogens with zero attached hydrogens (tertiary/aromatic N) is 6. The van der Waals surface area contributed by atoms with Crippen LogP contribution in [0, 0.1) is 10.1 Å². The third kappa shape index (κ3) is 4.65. The summed E-state index contributed by atoms with van der Waals surface area (Å²) in [7, 11) is 1.39. The highest BCUT2D eigenvalue weighted by Crippen LogP contribution is 2.38. The lowest BCUT2D eigenvalue weighted by Crippen LogP contribution is -2.11. The van der Waals surface area contributed by atoms with E-state index in [4.69, 9.17) is 4.74 Å². The zero-order chi connectivity index (χ0) is 23.0. The summed E-state index contributed by atoms with van der Waals surface area (Å²) in [6.45, 7) is 0.202. The molecule has 31 heavy (non-hydrogen) atoms. The number of nitro groups is 1. The minimum Gasteiger partial charge on any atom is -0.381 e. The molecule has 0 aliphatic carbocycles. The standard InChI is InChI=1S/C16H12F6N6O3/c1-31-3-2-26-7-24-13(14(26)28(29)30)27-8-23-12(25-27)9-4-10(15(17,18)19)6-11(5-9)16(20,21)22/h4-8H,2-3H2,1H3. The van der Waals surface area contributed by atoms with Crippen molar-refractivity contribution in [2.75, 3.05) is 13.7 Å². The molecule has 3 rings (SSSR count). The van der Waals surface area contributed by atoms with E-state index >= 15 is 0 Å². The molecule has 0 radical (unpaired) electrons. The van der Waals surface area contributed by atoms with Crippen molar-refractivity contribution in [1.29, 1.82) is 0 Å². The van der Waals surface area contributed by atoms with Gasteiger partial charge in [0.05, 0.1) is 17.7 Å². The van der Waals surface area contributed by atoms with Crippen LogP contribution < -0.4 is 0 Å². The Morgan fingerprint density at radius 1 is 1.03 bits per heavy atom. The summed E-state index contributed by atoms with van der Waals surface area (Å²) in [5.41, 5.74) is -3.64. The van der Waals surface area contributed by atoms with Crippen LogP contribution in [0.1, 0.15) is 11.1 Å². The van der Waals surface area contributed by atoms with Crippen LogP contribution in [0.3, 0.4) is 0 Å². The SMILES string of the molecule is COCCn1cnc(-n2cnc(-c3cc(C(F)(F)F)cc(C(F)(F)F)c3)n2)c1[N+](=O)[O-]. The summed E-state index contributed by atoms with van der Waals surface area (Å²) in [5, 5.41) is 15.2. The average Bonchev–Trinajstić information content (AvgIpc) is 3.31. The van der Waals surface area contributed by atoms with Gasteiger partial charge in [-0.25, -0.2) is 9.55 Å². The molecule has 0 aliphatic heterocycles. The van der Waals surface area contributed by atoms with Crippen LogP contribution in [0.4, 0.5) is 32.2 Å². The highest BCUT2D eigenvalue weighted by atomic mass is 19.4. The number of rotatable bonds is 6. The maximum absolute atomic E-state index is 13.1. The second kappa shape index (κ2) is 7.98. The van der Waals surface area contributed by atoms with Gasteiger partial charge in [0.2, 0.25) is 0 Å². The molecule has 9 nitrogen and oxygen atoms in total. The molecule has 2 heterocycles. The van der Waals surface area contributed by atoms with Gasteiger partial charge in [-0.1, -0.05) is 0 Å². The van der Waals surface area contributed by atoms with E-state index in [0.717, 1.165) is 21.9 Å². The van der Waals surface area contributed by atoms with E-state index in [1.807, 2.05) is 0 Å². The first-order valence-corrected chi connectivity index (χ1v) is 8.32. The number of hydrogen-bond donors (Lipinski definition) is 0. The lowest BCUT2D eigenvalue weighted by Gasteiger charge is -2.13. The van der Waals surface area contributed by atoms with E-state index < -0.39 is 45.6 Å². The Bertz CT molecular complexity index is 1070. The second-order valence-corrected chi connectivity index (χ2v) is 6.14. The van der Waals surface area contributed by atoms with Crippen molar-refractivity contribution in [2.24, 2.45) is 0 Å². The molecule has 166 valence electrons. The van der Waals surface area contributed by atoms with Crippen LogP contribution in [0.5, 0.6) is 0 Å². The van der Waals surface area contributed by atoms with Crippen molar-refractivity contribution < 1.29 is 36.0 Å². The molecule has 2 aromatic heterocycles. The van der Waals surface area contributed by atoms with Gasteiger partial charge in [-0.05, 0) is 23.1 Å². The molecular formula is C16H12F6N6O3. The van der Waals surface area contributed by atoms with E-state index in [0.29, 0.717) is 12.1 Å². The molecule has 0 unspecified atom stereocenters. The Hall–Kier alpha value is -3.49. The molecule has 0 saturated carbocycles. The average molecular weight is 450 g/mol. The van der Waals surface area contributed by atoms with Gasteiger partial charge in [0.15, 0.2) is 12.2 Å². The van der Waals surface area contributed by atoms with Crippen LogP contribution in [-0.2, 0) is 23.6 Å². The maximum Gasteiger partial charge on any atom is 0.416 e. The fraction of sp³-hybridized carbons (Fsp3) is 0.312. The van der Waals surface area contributed by atoms with Gasteiger partial charge in [0.25, 0.3) is 5.82 Å².